The van der Waals surface area contributed by atoms with Gasteiger partial charge in [0.25, 0.3) is 0 Å². The zero-order valence-electron chi connectivity index (χ0n) is 7.39. The van der Waals surface area contributed by atoms with Crippen molar-refractivity contribution in [2.24, 2.45) is 0 Å². The fraction of sp³-hybridized carbons (Fsp3) is 0.500. The maximum Gasteiger partial charge on any atom is 0.0213 e. The van der Waals surface area contributed by atoms with Crippen LogP contribution in [-0.4, -0.2) is 9.52 Å². The first kappa shape index (κ1) is 16.8. The molecule has 0 rings (SSSR count). The molecule has 0 aliphatic carbocycles. The van der Waals surface area contributed by atoms with Crippen molar-refractivity contribution >= 4 is 9.52 Å². The summed E-state index contributed by atoms with van der Waals surface area (Å²) in [7, 11) is 0.750. The van der Waals surface area contributed by atoms with Gasteiger partial charge in [-0.2, -0.15) is 0 Å². The van der Waals surface area contributed by atoms with Gasteiger partial charge in [0.1, 0.15) is 0 Å². The molecule has 0 amide bonds. The van der Waals surface area contributed by atoms with Gasteiger partial charge in [0.2, 0.25) is 0 Å². The molecule has 1 radical (unpaired) electrons. The maximum absolute atomic E-state index is 2.21. The predicted molar refractivity (Wildman–Crippen MR) is 48.5 cm³/mol. The van der Waals surface area contributed by atoms with Crippen LogP contribution in [0.5, 0.6) is 0 Å². The van der Waals surface area contributed by atoms with Crippen molar-refractivity contribution in [2.75, 3.05) is 0 Å². The third-order valence-electron chi connectivity index (χ3n) is 0.496. The molecule has 0 bridgehead atoms. The molecule has 0 atom stereocenters. The average molecular weight is 189 g/mol. The van der Waals surface area contributed by atoms with Crippen LogP contribution in [0.1, 0.15) is 13.8 Å². The molecule has 0 aromatic heterocycles. The molecule has 0 heterocycles. The zero-order chi connectivity index (χ0) is 7.54. The summed E-state index contributed by atoms with van der Waals surface area (Å²) in [4.78, 5) is 0. The largest absolute Gasteiger partial charge is 0.0877 e. The fourth-order valence-electron chi connectivity index (χ4n) is 0.222. The molecule has 10 heavy (non-hydrogen) atoms. The van der Waals surface area contributed by atoms with Crippen LogP contribution in [0.2, 0.25) is 13.1 Å². The molecule has 0 nitrogen and oxygen atoms in total. The van der Waals surface area contributed by atoms with Crippen LogP contribution >= 0.6 is 0 Å². The Hall–Kier alpha value is 0.411. The Kier molecular flexibility index (Phi) is 38.2. The molecule has 0 aliphatic heterocycles. The molecule has 0 spiro atoms. The number of hydrogen-bond donors (Lipinski definition) is 0. The quantitative estimate of drug-likeness (QED) is 0.439. The molecule has 0 fully saturated rings. The van der Waals surface area contributed by atoms with Gasteiger partial charge in [-0.1, -0.05) is 37.4 Å². The summed E-state index contributed by atoms with van der Waals surface area (Å²) in [5.41, 5.74) is 0. The number of rotatable bonds is 1. The molecule has 0 saturated carbocycles. The Bertz CT molecular complexity index is 67.3. The first-order valence-electron chi connectivity index (χ1n) is 3.31. The minimum absolute atomic E-state index is 0. The van der Waals surface area contributed by atoms with Crippen LogP contribution in [0.25, 0.3) is 0 Å². The summed E-state index contributed by atoms with van der Waals surface area (Å²) in [6.07, 6.45) is 8.00. The van der Waals surface area contributed by atoms with Crippen LogP contribution in [0.4, 0.5) is 0 Å². The Morgan fingerprint density at radius 1 is 0.900 bits per heavy atom. The van der Waals surface area contributed by atoms with E-state index in [4.69, 9.17) is 0 Å². The van der Waals surface area contributed by atoms with Crippen LogP contribution in [-0.2, 0) is 21.7 Å². The smallest absolute Gasteiger partial charge is 0.0213 e. The molecular weight excluding hydrogens is 172 g/mol. The summed E-state index contributed by atoms with van der Waals surface area (Å²) in [5, 5.41) is 0. The van der Waals surface area contributed by atoms with Gasteiger partial charge >= 0.3 is 0 Å². The summed E-state index contributed by atoms with van der Waals surface area (Å²) < 4.78 is 0. The van der Waals surface area contributed by atoms with Crippen molar-refractivity contribution in [1.82, 2.24) is 0 Å². The fourth-order valence-corrected chi connectivity index (χ4v) is 0.222. The van der Waals surface area contributed by atoms with Crippen LogP contribution in [0, 0.1) is 0 Å². The van der Waals surface area contributed by atoms with E-state index in [1.807, 2.05) is 38.2 Å². The van der Waals surface area contributed by atoms with Gasteiger partial charge in [-0.15, -0.1) is 0 Å². The SMILES string of the molecule is CC=CC=CC.C[SiH]C.[Ti]. The zero-order valence-corrected chi connectivity index (χ0v) is 10.1. The Labute approximate surface area is 82.5 Å². The van der Waals surface area contributed by atoms with E-state index in [0.717, 1.165) is 9.52 Å². The van der Waals surface area contributed by atoms with Crippen molar-refractivity contribution in [3.63, 3.8) is 0 Å². The molecule has 0 aromatic rings. The van der Waals surface area contributed by atoms with Crippen molar-refractivity contribution < 1.29 is 21.7 Å². The number of allylic oxidation sites excluding steroid dienone is 4. The van der Waals surface area contributed by atoms with Crippen molar-refractivity contribution in [2.45, 2.75) is 26.9 Å². The number of hydrogen-bond acceptors (Lipinski definition) is 0. The van der Waals surface area contributed by atoms with E-state index < -0.39 is 0 Å². The summed E-state index contributed by atoms with van der Waals surface area (Å²) >= 11 is 0. The van der Waals surface area contributed by atoms with Gasteiger partial charge in [0, 0.05) is 31.2 Å². The van der Waals surface area contributed by atoms with E-state index in [1.165, 1.54) is 0 Å². The van der Waals surface area contributed by atoms with E-state index in [-0.39, 0.29) is 21.7 Å². The monoisotopic (exact) mass is 189 g/mol. The third-order valence-corrected chi connectivity index (χ3v) is 0.496. The van der Waals surface area contributed by atoms with Gasteiger partial charge in [-0.3, -0.25) is 0 Å². The summed E-state index contributed by atoms with van der Waals surface area (Å²) in [6.45, 7) is 8.42. The molecule has 0 unspecified atom stereocenters. The average Bonchev–Trinajstić information content (AvgIpc) is 1.86. The molecule has 0 aromatic carbocycles. The van der Waals surface area contributed by atoms with Crippen LogP contribution in [0.15, 0.2) is 24.3 Å². The second kappa shape index (κ2) is 22.7. The van der Waals surface area contributed by atoms with Crippen molar-refractivity contribution in [1.29, 1.82) is 0 Å². The molecule has 0 saturated heterocycles. The normalized spacial score (nSPS) is 8.80. The van der Waals surface area contributed by atoms with Gasteiger partial charge < -0.3 is 0 Å². The van der Waals surface area contributed by atoms with Crippen molar-refractivity contribution in [3.05, 3.63) is 24.3 Å². The molecule has 57 valence electrons. The van der Waals surface area contributed by atoms with E-state index >= 15 is 0 Å². The molecular formula is C8H17SiTi. The molecule has 2 heteroatoms. The molecule has 0 N–H and O–H groups in total. The minimum Gasteiger partial charge on any atom is -0.0877 e. The van der Waals surface area contributed by atoms with Crippen LogP contribution in [0.3, 0.4) is 0 Å². The van der Waals surface area contributed by atoms with E-state index in [0.29, 0.717) is 0 Å². The topological polar surface area (TPSA) is 0 Å². The second-order valence-corrected chi connectivity index (χ2v) is 2.78. The second-order valence-electron chi connectivity index (χ2n) is 1.63. The van der Waals surface area contributed by atoms with E-state index in [1.54, 1.807) is 0 Å². The Balaban J connectivity index is -0.000000107. The predicted octanol–water partition coefficient (Wildman–Crippen LogP) is 2.66. The van der Waals surface area contributed by atoms with Crippen LogP contribution < -0.4 is 0 Å². The Morgan fingerprint density at radius 3 is 1.20 bits per heavy atom. The van der Waals surface area contributed by atoms with Gasteiger partial charge in [-0.05, 0) is 13.8 Å². The first-order valence-corrected chi connectivity index (χ1v) is 5.62. The minimum atomic E-state index is 0. The van der Waals surface area contributed by atoms with Crippen molar-refractivity contribution in [3.8, 4) is 0 Å². The Morgan fingerprint density at radius 2 is 1.10 bits per heavy atom. The van der Waals surface area contributed by atoms with E-state index in [2.05, 4.69) is 13.1 Å². The van der Waals surface area contributed by atoms with Gasteiger partial charge in [0.05, 0.1) is 0 Å². The van der Waals surface area contributed by atoms with Gasteiger partial charge in [-0.25, -0.2) is 0 Å². The maximum atomic E-state index is 2.21. The van der Waals surface area contributed by atoms with Gasteiger partial charge in [0.15, 0.2) is 0 Å². The summed E-state index contributed by atoms with van der Waals surface area (Å²) in [6, 6.07) is 0. The van der Waals surface area contributed by atoms with E-state index in [9.17, 15) is 0 Å². The summed E-state index contributed by atoms with van der Waals surface area (Å²) in [5.74, 6) is 0. The third kappa shape index (κ3) is 39.7. The first-order chi connectivity index (χ1) is 4.33. The standard InChI is InChI=1S/C6H10.C2H7Si.Ti/c1-3-5-6-4-2;1-3-2;/h3-6H,1-2H3;3H,1-2H3;. The molecule has 0 aliphatic rings.